The van der Waals surface area contributed by atoms with Crippen LogP contribution in [0.4, 0.5) is 32.3 Å². The molecule has 0 spiro atoms. The third-order valence-electron chi connectivity index (χ3n) is 11.0. The molecule has 0 radical (unpaired) electrons. The summed E-state index contributed by atoms with van der Waals surface area (Å²) >= 11 is 12.6. The number of hydrogen-bond donors (Lipinski definition) is 4. The quantitative estimate of drug-likeness (QED) is 0.122. The molecule has 0 bridgehead atoms. The standard InChI is InChI=1S/C43H43Cl2N9O4/c1-50(18-4-20-51-24-34-36(40(51)55)38(26-10-14-30(46)15-11-26)48-42(57)53(34)32-8-2-6-28(44)22-32)19-5-21-52-25-35-37(41(52)56)39(27-12-16-31(47)17-13-27)49-43(58)54(35)33-9-3-7-29(45)23-33/h2-3,6-17,22-23,38-39H,4-5,18-21,24-25,46-47H2,1H3,(H,48,57)(H,49,58)/t38-,39?/m1/s1. The SMILES string of the molecule is CN(CCCN1CC2=C(C1=O)C(c1ccc(N)cc1)NC(=O)N2c1cccc(Cl)c1)CCCN1CC2=C(C1=O)[C@@H](c1ccc(N)cc1)NC(=O)N2c1cccc(Cl)c1. The highest BCUT2D eigenvalue weighted by molar-refractivity contribution is 6.31. The third-order valence-corrected chi connectivity index (χ3v) is 11.5. The van der Waals surface area contributed by atoms with Gasteiger partial charge in [0, 0.05) is 34.5 Å². The number of nitrogen functional groups attached to an aromatic ring is 2. The van der Waals surface area contributed by atoms with Crippen molar-refractivity contribution in [3.8, 4) is 0 Å². The summed E-state index contributed by atoms with van der Waals surface area (Å²) in [7, 11) is 2.02. The maximum Gasteiger partial charge on any atom is 0.327 e. The number of benzene rings is 4. The fourth-order valence-electron chi connectivity index (χ4n) is 8.18. The van der Waals surface area contributed by atoms with Gasteiger partial charge in [-0.25, -0.2) is 9.59 Å². The lowest BCUT2D eigenvalue weighted by atomic mass is 9.95. The monoisotopic (exact) mass is 819 g/mol. The molecule has 0 saturated heterocycles. The molecule has 1 unspecified atom stereocenters. The Morgan fingerprint density at radius 2 is 1.02 bits per heavy atom. The van der Waals surface area contributed by atoms with Crippen LogP contribution in [0.25, 0.3) is 0 Å². The summed E-state index contributed by atoms with van der Waals surface area (Å²) in [5.74, 6) is -0.264. The Hall–Kier alpha value is -6.02. The van der Waals surface area contributed by atoms with Crippen LogP contribution in [0.15, 0.2) is 120 Å². The number of carbonyl (C=O) groups excluding carboxylic acids is 4. The van der Waals surface area contributed by atoms with Crippen molar-refractivity contribution in [1.82, 2.24) is 25.3 Å². The first-order chi connectivity index (χ1) is 28.0. The molecule has 0 fully saturated rings. The zero-order chi connectivity index (χ0) is 40.7. The summed E-state index contributed by atoms with van der Waals surface area (Å²) in [6.45, 7) is 2.92. The Bertz CT molecular complexity index is 2190. The van der Waals surface area contributed by atoms with E-state index in [2.05, 4.69) is 15.5 Å². The smallest absolute Gasteiger partial charge is 0.327 e. The first kappa shape index (κ1) is 38.8. The Labute approximate surface area is 346 Å². The fraction of sp³-hybridized carbons (Fsp3) is 0.256. The lowest BCUT2D eigenvalue weighted by Gasteiger charge is -2.33. The van der Waals surface area contributed by atoms with Crippen LogP contribution in [-0.2, 0) is 9.59 Å². The number of anilines is 4. The summed E-state index contributed by atoms with van der Waals surface area (Å²) in [6, 6.07) is 26.5. The van der Waals surface area contributed by atoms with E-state index in [0.29, 0.717) is 94.4 Å². The van der Waals surface area contributed by atoms with Crippen molar-refractivity contribution >= 4 is 69.8 Å². The van der Waals surface area contributed by atoms with E-state index in [0.717, 1.165) is 11.1 Å². The van der Waals surface area contributed by atoms with Crippen LogP contribution in [0.5, 0.6) is 0 Å². The number of hydrogen-bond acceptors (Lipinski definition) is 7. The van der Waals surface area contributed by atoms with Crippen molar-refractivity contribution in [3.05, 3.63) is 141 Å². The van der Waals surface area contributed by atoms with Gasteiger partial charge in [-0.15, -0.1) is 0 Å². The Balaban J connectivity index is 0.905. The van der Waals surface area contributed by atoms with Crippen LogP contribution in [-0.4, -0.2) is 84.9 Å². The highest BCUT2D eigenvalue weighted by atomic mass is 35.5. The van der Waals surface area contributed by atoms with Gasteiger partial charge in [0.1, 0.15) is 0 Å². The van der Waals surface area contributed by atoms with E-state index in [-0.39, 0.29) is 37.0 Å². The molecule has 4 aromatic rings. The van der Waals surface area contributed by atoms with Crippen LogP contribution in [0, 0.1) is 0 Å². The maximum absolute atomic E-state index is 14.1. The molecule has 4 aliphatic heterocycles. The summed E-state index contributed by atoms with van der Waals surface area (Å²) < 4.78 is 0. The molecular weight excluding hydrogens is 777 g/mol. The zero-order valence-electron chi connectivity index (χ0n) is 31.8. The van der Waals surface area contributed by atoms with Gasteiger partial charge in [-0.1, -0.05) is 59.6 Å². The average Bonchev–Trinajstić information content (AvgIpc) is 3.69. The van der Waals surface area contributed by atoms with E-state index < -0.39 is 12.1 Å². The van der Waals surface area contributed by atoms with E-state index in [4.69, 9.17) is 34.7 Å². The molecular formula is C43H43Cl2N9O4. The number of nitrogens with zero attached hydrogens (tertiary/aromatic N) is 5. The van der Waals surface area contributed by atoms with Gasteiger partial charge in [-0.3, -0.25) is 19.4 Å². The van der Waals surface area contributed by atoms with Crippen LogP contribution >= 0.6 is 23.2 Å². The maximum atomic E-state index is 14.1. The molecule has 4 aromatic carbocycles. The largest absolute Gasteiger partial charge is 0.399 e. The first-order valence-electron chi connectivity index (χ1n) is 19.1. The summed E-state index contributed by atoms with van der Waals surface area (Å²) in [4.78, 5) is 64.3. The number of nitrogens with two attached hydrogens (primary N) is 2. The van der Waals surface area contributed by atoms with Crippen molar-refractivity contribution in [2.45, 2.75) is 24.9 Å². The van der Waals surface area contributed by atoms with Crippen molar-refractivity contribution in [3.63, 3.8) is 0 Å². The molecule has 0 saturated carbocycles. The normalized spacial score (nSPS) is 19.3. The Kier molecular flexibility index (Phi) is 10.8. The average molecular weight is 821 g/mol. The molecule has 6 amide bonds. The molecule has 15 heteroatoms. The number of amides is 6. The predicted molar refractivity (Wildman–Crippen MR) is 226 cm³/mol. The lowest BCUT2D eigenvalue weighted by Crippen LogP contribution is -2.47. The second-order valence-corrected chi connectivity index (χ2v) is 15.8. The molecule has 58 heavy (non-hydrogen) atoms. The van der Waals surface area contributed by atoms with E-state index in [1.54, 1.807) is 92.4 Å². The van der Waals surface area contributed by atoms with Gasteiger partial charge < -0.3 is 36.8 Å². The van der Waals surface area contributed by atoms with E-state index in [9.17, 15) is 19.2 Å². The van der Waals surface area contributed by atoms with Crippen LogP contribution in [0.2, 0.25) is 10.0 Å². The van der Waals surface area contributed by atoms with E-state index in [1.165, 1.54) is 0 Å². The topological polar surface area (TPSA) is 161 Å². The number of nitrogens with one attached hydrogen (secondary N) is 2. The van der Waals surface area contributed by atoms with E-state index in [1.807, 2.05) is 31.3 Å². The van der Waals surface area contributed by atoms with Crippen molar-refractivity contribution < 1.29 is 19.2 Å². The van der Waals surface area contributed by atoms with Crippen molar-refractivity contribution in [1.29, 1.82) is 0 Å². The molecule has 298 valence electrons. The molecule has 2 atom stereocenters. The summed E-state index contributed by atoms with van der Waals surface area (Å²) in [5, 5.41) is 7.04. The molecule has 4 aliphatic rings. The fourth-order valence-corrected chi connectivity index (χ4v) is 8.55. The predicted octanol–water partition coefficient (Wildman–Crippen LogP) is 6.30. The minimum atomic E-state index is -0.625. The molecule has 13 nitrogen and oxygen atoms in total. The summed E-state index contributed by atoms with van der Waals surface area (Å²) in [5.41, 5.74) is 18.1. The summed E-state index contributed by atoms with van der Waals surface area (Å²) in [6.07, 6.45) is 1.38. The minimum absolute atomic E-state index is 0.132. The van der Waals surface area contributed by atoms with Gasteiger partial charge in [0.05, 0.1) is 59.1 Å². The van der Waals surface area contributed by atoms with Gasteiger partial charge in [0.2, 0.25) is 0 Å². The third kappa shape index (κ3) is 7.55. The minimum Gasteiger partial charge on any atom is -0.399 e. The second-order valence-electron chi connectivity index (χ2n) is 14.9. The van der Waals surface area contributed by atoms with Crippen LogP contribution in [0.3, 0.4) is 0 Å². The Morgan fingerprint density at radius 1 is 0.621 bits per heavy atom. The lowest BCUT2D eigenvalue weighted by molar-refractivity contribution is -0.126. The Morgan fingerprint density at radius 3 is 1.40 bits per heavy atom. The second kappa shape index (κ2) is 16.1. The van der Waals surface area contributed by atoms with E-state index >= 15 is 0 Å². The van der Waals surface area contributed by atoms with Gasteiger partial charge in [0.25, 0.3) is 11.8 Å². The van der Waals surface area contributed by atoms with Gasteiger partial charge in [-0.2, -0.15) is 0 Å². The van der Waals surface area contributed by atoms with Gasteiger partial charge in [-0.05, 0) is 105 Å². The highest BCUT2D eigenvalue weighted by Gasteiger charge is 2.46. The molecule has 0 aromatic heterocycles. The van der Waals surface area contributed by atoms with Crippen LogP contribution in [0.1, 0.15) is 36.1 Å². The first-order valence-corrected chi connectivity index (χ1v) is 19.9. The van der Waals surface area contributed by atoms with Gasteiger partial charge >= 0.3 is 12.1 Å². The molecule has 4 heterocycles. The molecule has 8 rings (SSSR count). The van der Waals surface area contributed by atoms with Crippen molar-refractivity contribution in [2.75, 3.05) is 67.6 Å². The molecule has 0 aliphatic carbocycles. The van der Waals surface area contributed by atoms with Gasteiger partial charge in [0.15, 0.2) is 0 Å². The van der Waals surface area contributed by atoms with Crippen molar-refractivity contribution in [2.24, 2.45) is 0 Å². The number of carbonyl (C=O) groups is 4. The molecule has 6 N–H and O–H groups in total. The zero-order valence-corrected chi connectivity index (χ0v) is 33.3. The van der Waals surface area contributed by atoms with Crippen LogP contribution < -0.4 is 31.9 Å². The number of halogens is 2. The number of rotatable bonds is 12. The number of urea groups is 2. The highest BCUT2D eigenvalue weighted by Crippen LogP contribution is 2.41.